The SMILES string of the molecule is CNC(=O)c1ccc(CS(=O)(=O)N2CCCC(C)(C)C2C#N)cc1. The number of hydrogen-bond donors (Lipinski definition) is 1. The van der Waals surface area contributed by atoms with Gasteiger partial charge in [-0.05, 0) is 36.0 Å². The molecule has 1 heterocycles. The number of sulfonamides is 1. The number of nitrogens with zero attached hydrogens (tertiary/aromatic N) is 2. The molecule has 1 aromatic carbocycles. The van der Waals surface area contributed by atoms with E-state index in [0.717, 1.165) is 12.8 Å². The Balaban J connectivity index is 2.22. The number of nitrogens with one attached hydrogen (secondary N) is 1. The summed E-state index contributed by atoms with van der Waals surface area (Å²) in [6, 6.07) is 7.99. The third-order valence-electron chi connectivity index (χ3n) is 4.50. The summed E-state index contributed by atoms with van der Waals surface area (Å²) in [7, 11) is -2.05. The van der Waals surface area contributed by atoms with Gasteiger partial charge in [0.05, 0.1) is 11.8 Å². The minimum Gasteiger partial charge on any atom is -0.355 e. The van der Waals surface area contributed by atoms with E-state index in [9.17, 15) is 18.5 Å². The van der Waals surface area contributed by atoms with Crippen LogP contribution < -0.4 is 5.32 Å². The largest absolute Gasteiger partial charge is 0.355 e. The van der Waals surface area contributed by atoms with Crippen molar-refractivity contribution in [2.24, 2.45) is 5.41 Å². The second kappa shape index (κ2) is 6.91. The van der Waals surface area contributed by atoms with Crippen molar-refractivity contribution in [2.75, 3.05) is 13.6 Å². The van der Waals surface area contributed by atoms with Crippen LogP contribution in [0.15, 0.2) is 24.3 Å². The summed E-state index contributed by atoms with van der Waals surface area (Å²) in [5, 5.41) is 12.0. The van der Waals surface area contributed by atoms with Crippen molar-refractivity contribution >= 4 is 15.9 Å². The number of rotatable bonds is 4. The quantitative estimate of drug-likeness (QED) is 0.899. The summed E-state index contributed by atoms with van der Waals surface area (Å²) >= 11 is 0. The molecule has 130 valence electrons. The summed E-state index contributed by atoms with van der Waals surface area (Å²) in [6.45, 7) is 4.24. The van der Waals surface area contributed by atoms with Crippen molar-refractivity contribution in [3.63, 3.8) is 0 Å². The molecule has 1 N–H and O–H groups in total. The minimum absolute atomic E-state index is 0.171. The molecule has 0 spiro atoms. The van der Waals surface area contributed by atoms with Crippen molar-refractivity contribution in [1.82, 2.24) is 9.62 Å². The third kappa shape index (κ3) is 3.77. The molecule has 0 aliphatic carbocycles. The molecule has 0 aromatic heterocycles. The fourth-order valence-electron chi connectivity index (χ4n) is 3.08. The Morgan fingerprint density at radius 1 is 1.38 bits per heavy atom. The van der Waals surface area contributed by atoms with E-state index in [4.69, 9.17) is 0 Å². The Labute approximate surface area is 143 Å². The summed E-state index contributed by atoms with van der Waals surface area (Å²) in [6.07, 6.45) is 1.58. The Bertz CT molecular complexity index is 748. The van der Waals surface area contributed by atoms with Gasteiger partial charge in [-0.15, -0.1) is 0 Å². The lowest BCUT2D eigenvalue weighted by Crippen LogP contribution is -2.51. The lowest BCUT2D eigenvalue weighted by molar-refractivity contribution is 0.0963. The van der Waals surface area contributed by atoms with Crippen molar-refractivity contribution in [3.8, 4) is 6.07 Å². The van der Waals surface area contributed by atoms with Crippen LogP contribution in [0.5, 0.6) is 0 Å². The van der Waals surface area contributed by atoms with E-state index >= 15 is 0 Å². The van der Waals surface area contributed by atoms with E-state index in [-0.39, 0.29) is 17.1 Å². The highest BCUT2D eigenvalue weighted by atomic mass is 32.2. The molecule has 0 radical (unpaired) electrons. The van der Waals surface area contributed by atoms with E-state index in [1.54, 1.807) is 31.3 Å². The fourth-order valence-corrected chi connectivity index (χ4v) is 4.92. The zero-order chi connectivity index (χ0) is 18.0. The second-order valence-corrected chi connectivity index (χ2v) is 8.69. The van der Waals surface area contributed by atoms with Gasteiger partial charge in [0, 0.05) is 19.2 Å². The molecular formula is C17H23N3O3S. The third-order valence-corrected chi connectivity index (χ3v) is 6.31. The van der Waals surface area contributed by atoms with Gasteiger partial charge in [0.2, 0.25) is 10.0 Å². The summed E-state index contributed by atoms with van der Waals surface area (Å²) in [5.41, 5.74) is 0.721. The molecule has 1 fully saturated rings. The second-order valence-electron chi connectivity index (χ2n) is 6.77. The molecule has 2 rings (SSSR count). The maximum Gasteiger partial charge on any atom is 0.251 e. The van der Waals surface area contributed by atoms with Gasteiger partial charge in [-0.2, -0.15) is 9.57 Å². The molecule has 24 heavy (non-hydrogen) atoms. The number of hydrogen-bond acceptors (Lipinski definition) is 4. The molecule has 6 nitrogen and oxygen atoms in total. The average Bonchev–Trinajstić information content (AvgIpc) is 2.53. The first-order valence-electron chi connectivity index (χ1n) is 7.91. The van der Waals surface area contributed by atoms with Crippen LogP contribution in [0.2, 0.25) is 0 Å². The van der Waals surface area contributed by atoms with Crippen molar-refractivity contribution in [1.29, 1.82) is 5.26 Å². The van der Waals surface area contributed by atoms with Crippen molar-refractivity contribution in [2.45, 2.75) is 38.5 Å². The summed E-state index contributed by atoms with van der Waals surface area (Å²) in [4.78, 5) is 11.5. The van der Waals surface area contributed by atoms with E-state index in [2.05, 4.69) is 11.4 Å². The van der Waals surface area contributed by atoms with E-state index in [0.29, 0.717) is 17.7 Å². The van der Waals surface area contributed by atoms with Gasteiger partial charge in [0.25, 0.3) is 5.91 Å². The van der Waals surface area contributed by atoms with Gasteiger partial charge < -0.3 is 5.32 Å². The van der Waals surface area contributed by atoms with Crippen LogP contribution >= 0.6 is 0 Å². The van der Waals surface area contributed by atoms with E-state index < -0.39 is 16.1 Å². The summed E-state index contributed by atoms with van der Waals surface area (Å²) in [5.74, 6) is -0.387. The first-order chi connectivity index (χ1) is 11.2. The Kier molecular flexibility index (Phi) is 5.31. The van der Waals surface area contributed by atoms with Gasteiger partial charge in [0.15, 0.2) is 0 Å². The topological polar surface area (TPSA) is 90.3 Å². The van der Waals surface area contributed by atoms with E-state index in [1.165, 1.54) is 4.31 Å². The van der Waals surface area contributed by atoms with Gasteiger partial charge in [-0.25, -0.2) is 8.42 Å². The number of carbonyl (C=O) groups excluding carboxylic acids is 1. The zero-order valence-electron chi connectivity index (χ0n) is 14.2. The molecule has 0 saturated carbocycles. The van der Waals surface area contributed by atoms with Crippen LogP contribution in [-0.4, -0.2) is 38.3 Å². The highest BCUT2D eigenvalue weighted by Gasteiger charge is 2.43. The molecule has 1 amide bonds. The Morgan fingerprint density at radius 2 is 2.00 bits per heavy atom. The van der Waals surface area contributed by atoms with Gasteiger partial charge in [0.1, 0.15) is 6.04 Å². The Morgan fingerprint density at radius 3 is 2.54 bits per heavy atom. The van der Waals surface area contributed by atoms with Gasteiger partial charge in [-0.1, -0.05) is 26.0 Å². The molecule has 1 unspecified atom stereocenters. The van der Waals surface area contributed by atoms with Crippen molar-refractivity contribution < 1.29 is 13.2 Å². The highest BCUT2D eigenvalue weighted by Crippen LogP contribution is 2.36. The first kappa shape index (κ1) is 18.4. The van der Waals surface area contributed by atoms with Crippen LogP contribution in [0.4, 0.5) is 0 Å². The van der Waals surface area contributed by atoms with Gasteiger partial charge >= 0.3 is 0 Å². The van der Waals surface area contributed by atoms with Crippen molar-refractivity contribution in [3.05, 3.63) is 35.4 Å². The fraction of sp³-hybridized carbons (Fsp3) is 0.529. The molecule has 1 aliphatic heterocycles. The summed E-state index contributed by atoms with van der Waals surface area (Å²) < 4.78 is 26.9. The van der Waals surface area contributed by atoms with E-state index in [1.807, 2.05) is 13.8 Å². The van der Waals surface area contributed by atoms with Gasteiger partial charge in [-0.3, -0.25) is 4.79 Å². The number of carbonyl (C=O) groups is 1. The molecule has 0 bridgehead atoms. The molecule has 7 heteroatoms. The molecule has 1 aliphatic rings. The standard InChI is InChI=1S/C17H23N3O3S/c1-17(2)9-4-10-20(15(17)11-18)24(22,23)12-13-5-7-14(8-6-13)16(21)19-3/h5-8,15H,4,9-10,12H2,1-3H3,(H,19,21). The predicted octanol–water partition coefficient (Wildman–Crippen LogP) is 1.89. The number of amides is 1. The molecular weight excluding hydrogens is 326 g/mol. The number of piperidine rings is 1. The molecule has 1 saturated heterocycles. The lowest BCUT2D eigenvalue weighted by Gasteiger charge is -2.41. The monoisotopic (exact) mass is 349 g/mol. The number of nitriles is 1. The Hall–Kier alpha value is -1.91. The first-order valence-corrected chi connectivity index (χ1v) is 9.52. The van der Waals surface area contributed by atoms with Crippen LogP contribution in [0.1, 0.15) is 42.6 Å². The number of benzene rings is 1. The van der Waals surface area contributed by atoms with Crippen LogP contribution in [0, 0.1) is 16.7 Å². The normalized spacial score (nSPS) is 21.0. The molecule has 1 atom stereocenters. The highest BCUT2D eigenvalue weighted by molar-refractivity contribution is 7.88. The maximum atomic E-state index is 12.8. The average molecular weight is 349 g/mol. The van der Waals surface area contributed by atoms with Crippen LogP contribution in [-0.2, 0) is 15.8 Å². The van der Waals surface area contributed by atoms with Crippen LogP contribution in [0.25, 0.3) is 0 Å². The lowest BCUT2D eigenvalue weighted by atomic mass is 9.78. The predicted molar refractivity (Wildman–Crippen MR) is 91.6 cm³/mol. The minimum atomic E-state index is -3.60. The molecule has 1 aromatic rings. The maximum absolute atomic E-state index is 12.8. The van der Waals surface area contributed by atoms with Crippen LogP contribution in [0.3, 0.4) is 0 Å². The zero-order valence-corrected chi connectivity index (χ0v) is 15.1. The smallest absolute Gasteiger partial charge is 0.251 e.